The van der Waals surface area contributed by atoms with E-state index in [1.807, 2.05) is 6.92 Å². The van der Waals surface area contributed by atoms with Crippen molar-refractivity contribution in [2.24, 2.45) is 5.73 Å². The molecule has 2 rings (SSSR count). The Morgan fingerprint density at radius 2 is 2.21 bits per heavy atom. The molecule has 1 aromatic rings. The van der Waals surface area contributed by atoms with Crippen LogP contribution < -0.4 is 11.1 Å². The summed E-state index contributed by atoms with van der Waals surface area (Å²) in [6.07, 6.45) is 2.78. The number of hydrogen-bond acceptors (Lipinski definition) is 4. The van der Waals surface area contributed by atoms with Crippen LogP contribution in [0.25, 0.3) is 0 Å². The minimum Gasteiger partial charge on any atom is -0.455 e. The Balaban J connectivity index is 2.13. The minimum atomic E-state index is -0.264. The molecule has 0 fully saturated rings. The van der Waals surface area contributed by atoms with Gasteiger partial charge in [-0.05, 0) is 26.7 Å². The number of carbonyl (C=O) groups excluding carboxylic acids is 2. The number of fused-ring (bicyclic) bond motifs is 1. The Kier molecular flexibility index (Phi) is 4.04. The molecule has 0 aliphatic heterocycles. The average Bonchev–Trinajstić information content (AvgIpc) is 2.67. The van der Waals surface area contributed by atoms with Crippen molar-refractivity contribution in [2.75, 3.05) is 6.54 Å². The summed E-state index contributed by atoms with van der Waals surface area (Å²) < 4.78 is 5.56. The highest BCUT2D eigenvalue weighted by atomic mass is 16.4. The highest BCUT2D eigenvalue weighted by molar-refractivity contribution is 6.03. The van der Waals surface area contributed by atoms with Crippen molar-refractivity contribution in [3.63, 3.8) is 0 Å². The predicted molar refractivity (Wildman–Crippen MR) is 71.3 cm³/mol. The Morgan fingerprint density at radius 1 is 1.47 bits per heavy atom. The second kappa shape index (κ2) is 5.57. The lowest BCUT2D eigenvalue weighted by Gasteiger charge is -2.07. The van der Waals surface area contributed by atoms with E-state index in [1.165, 1.54) is 0 Å². The van der Waals surface area contributed by atoms with Crippen LogP contribution in [0.2, 0.25) is 0 Å². The summed E-state index contributed by atoms with van der Waals surface area (Å²) in [6, 6.07) is 0.0489. The lowest BCUT2D eigenvalue weighted by atomic mass is 9.94. The van der Waals surface area contributed by atoms with E-state index in [0.29, 0.717) is 36.3 Å². The van der Waals surface area contributed by atoms with Gasteiger partial charge in [-0.15, -0.1) is 0 Å². The maximum Gasteiger partial charge on any atom is 0.287 e. The molecule has 104 valence electrons. The van der Waals surface area contributed by atoms with Gasteiger partial charge in [0.05, 0.1) is 5.56 Å². The van der Waals surface area contributed by atoms with Crippen molar-refractivity contribution >= 4 is 11.7 Å². The molecule has 1 aliphatic rings. The van der Waals surface area contributed by atoms with Crippen LogP contribution >= 0.6 is 0 Å². The third kappa shape index (κ3) is 2.87. The topological polar surface area (TPSA) is 85.3 Å². The van der Waals surface area contributed by atoms with Gasteiger partial charge in [0.2, 0.25) is 0 Å². The molecular formula is C14H20N2O3. The third-order valence-electron chi connectivity index (χ3n) is 3.40. The zero-order valence-electron chi connectivity index (χ0n) is 11.4. The molecule has 3 N–H and O–H groups in total. The molecule has 1 unspecified atom stereocenters. The van der Waals surface area contributed by atoms with E-state index in [-0.39, 0.29) is 23.5 Å². The number of carbonyl (C=O) groups is 2. The second-order valence-corrected chi connectivity index (χ2v) is 5.15. The summed E-state index contributed by atoms with van der Waals surface area (Å²) in [4.78, 5) is 23.9. The van der Waals surface area contributed by atoms with Gasteiger partial charge in [-0.3, -0.25) is 9.59 Å². The molecule has 1 heterocycles. The number of nitrogens with one attached hydrogen (secondary N) is 1. The van der Waals surface area contributed by atoms with Crippen LogP contribution in [0, 0.1) is 6.92 Å². The van der Waals surface area contributed by atoms with Crippen molar-refractivity contribution in [2.45, 2.75) is 45.6 Å². The average molecular weight is 264 g/mol. The summed E-state index contributed by atoms with van der Waals surface area (Å²) in [7, 11) is 0. The van der Waals surface area contributed by atoms with Crippen molar-refractivity contribution < 1.29 is 14.0 Å². The first-order valence-electron chi connectivity index (χ1n) is 6.70. The van der Waals surface area contributed by atoms with E-state index in [1.54, 1.807) is 6.92 Å². The summed E-state index contributed by atoms with van der Waals surface area (Å²) in [5.74, 6) is 0.744. The number of amides is 1. The van der Waals surface area contributed by atoms with Gasteiger partial charge >= 0.3 is 0 Å². The van der Waals surface area contributed by atoms with Crippen molar-refractivity contribution in [3.05, 3.63) is 22.6 Å². The molecule has 0 radical (unpaired) electrons. The SMILES string of the molecule is Cc1c(C(=O)NCCC(C)N)oc2c1C(=O)CCC2. The Hall–Kier alpha value is -1.62. The summed E-state index contributed by atoms with van der Waals surface area (Å²) >= 11 is 0. The fourth-order valence-electron chi connectivity index (χ4n) is 2.36. The highest BCUT2D eigenvalue weighted by Crippen LogP contribution is 2.29. The lowest BCUT2D eigenvalue weighted by molar-refractivity contribution is 0.0918. The van der Waals surface area contributed by atoms with Gasteiger partial charge in [-0.1, -0.05) is 0 Å². The third-order valence-corrected chi connectivity index (χ3v) is 3.40. The molecule has 0 aromatic carbocycles. The minimum absolute atomic E-state index is 0.0489. The van der Waals surface area contributed by atoms with Gasteiger partial charge in [-0.2, -0.15) is 0 Å². The first-order chi connectivity index (χ1) is 9.00. The van der Waals surface area contributed by atoms with Crippen LogP contribution in [-0.4, -0.2) is 24.3 Å². The number of hydrogen-bond donors (Lipinski definition) is 2. The van der Waals surface area contributed by atoms with Gasteiger partial charge < -0.3 is 15.5 Å². The van der Waals surface area contributed by atoms with Crippen LogP contribution in [-0.2, 0) is 6.42 Å². The Labute approximate surface area is 112 Å². The molecule has 5 heteroatoms. The molecule has 0 saturated heterocycles. The number of rotatable bonds is 4. The molecule has 0 spiro atoms. The van der Waals surface area contributed by atoms with Gasteiger partial charge in [0.1, 0.15) is 5.76 Å². The van der Waals surface area contributed by atoms with Gasteiger partial charge in [0.15, 0.2) is 11.5 Å². The predicted octanol–water partition coefficient (Wildman–Crippen LogP) is 1.57. The Bertz CT molecular complexity index is 503. The number of Topliss-reactive ketones (excluding diaryl/α,β-unsaturated/α-hetero) is 1. The van der Waals surface area contributed by atoms with Gasteiger partial charge in [-0.25, -0.2) is 0 Å². The largest absolute Gasteiger partial charge is 0.455 e. The second-order valence-electron chi connectivity index (χ2n) is 5.15. The molecule has 1 aliphatic carbocycles. The van der Waals surface area contributed by atoms with Crippen molar-refractivity contribution in [1.82, 2.24) is 5.32 Å². The quantitative estimate of drug-likeness (QED) is 0.864. The monoisotopic (exact) mass is 264 g/mol. The molecular weight excluding hydrogens is 244 g/mol. The first-order valence-corrected chi connectivity index (χ1v) is 6.70. The fourth-order valence-corrected chi connectivity index (χ4v) is 2.36. The van der Waals surface area contributed by atoms with Crippen LogP contribution in [0.5, 0.6) is 0 Å². The summed E-state index contributed by atoms with van der Waals surface area (Å²) in [5, 5.41) is 2.77. The van der Waals surface area contributed by atoms with E-state index < -0.39 is 0 Å². The van der Waals surface area contributed by atoms with E-state index in [0.717, 1.165) is 12.8 Å². The maximum absolute atomic E-state index is 12.0. The van der Waals surface area contributed by atoms with E-state index >= 15 is 0 Å². The van der Waals surface area contributed by atoms with Crippen LogP contribution in [0.3, 0.4) is 0 Å². The number of nitrogens with two attached hydrogens (primary N) is 1. The normalized spacial score (nSPS) is 16.1. The van der Waals surface area contributed by atoms with Gasteiger partial charge in [0, 0.05) is 31.0 Å². The molecule has 1 aromatic heterocycles. The Morgan fingerprint density at radius 3 is 2.84 bits per heavy atom. The van der Waals surface area contributed by atoms with Gasteiger partial charge in [0.25, 0.3) is 5.91 Å². The smallest absolute Gasteiger partial charge is 0.287 e. The lowest BCUT2D eigenvalue weighted by Crippen LogP contribution is -2.29. The maximum atomic E-state index is 12.0. The molecule has 19 heavy (non-hydrogen) atoms. The van der Waals surface area contributed by atoms with Crippen LogP contribution in [0.1, 0.15) is 58.4 Å². The number of ketones is 1. The van der Waals surface area contributed by atoms with Crippen LogP contribution in [0.15, 0.2) is 4.42 Å². The van der Waals surface area contributed by atoms with Crippen molar-refractivity contribution in [1.29, 1.82) is 0 Å². The number of furan rings is 1. The van der Waals surface area contributed by atoms with E-state index in [9.17, 15) is 9.59 Å². The summed E-state index contributed by atoms with van der Waals surface area (Å²) in [6.45, 7) is 4.17. The molecule has 0 bridgehead atoms. The van der Waals surface area contributed by atoms with Crippen molar-refractivity contribution in [3.8, 4) is 0 Å². The van der Waals surface area contributed by atoms with Crippen LogP contribution in [0.4, 0.5) is 0 Å². The van der Waals surface area contributed by atoms with E-state index in [2.05, 4.69) is 5.32 Å². The zero-order chi connectivity index (χ0) is 14.0. The standard InChI is InChI=1S/C14H20N2O3/c1-8(15)6-7-16-14(18)13-9(2)12-10(17)4-3-5-11(12)19-13/h8H,3-7,15H2,1-2H3,(H,16,18). The molecule has 1 atom stereocenters. The molecule has 1 amide bonds. The van der Waals surface area contributed by atoms with E-state index in [4.69, 9.17) is 10.2 Å². The first kappa shape index (κ1) is 13.8. The molecule has 0 saturated carbocycles. The summed E-state index contributed by atoms with van der Waals surface area (Å²) in [5.41, 5.74) is 6.90. The number of aryl methyl sites for hydroxylation is 1. The fraction of sp³-hybridized carbons (Fsp3) is 0.571. The molecule has 5 nitrogen and oxygen atoms in total. The highest BCUT2D eigenvalue weighted by Gasteiger charge is 2.28. The zero-order valence-corrected chi connectivity index (χ0v) is 11.4.